The Hall–Kier alpha value is -2.59. The van der Waals surface area contributed by atoms with Crippen LogP contribution in [0.5, 0.6) is 0 Å². The Labute approximate surface area is 211 Å². The van der Waals surface area contributed by atoms with Gasteiger partial charge in [0.25, 0.3) is 0 Å². The van der Waals surface area contributed by atoms with Crippen LogP contribution in [0.2, 0.25) is 0 Å². The molecule has 2 aliphatic rings. The third kappa shape index (κ3) is 6.35. The molecule has 9 nitrogen and oxygen atoms in total. The topological polar surface area (TPSA) is 101 Å². The van der Waals surface area contributed by atoms with E-state index >= 15 is 0 Å². The maximum absolute atomic E-state index is 13.4. The summed E-state index contributed by atoms with van der Waals surface area (Å²) in [6.07, 6.45) is 8.02. The van der Waals surface area contributed by atoms with Crippen molar-refractivity contribution in [2.75, 3.05) is 38.7 Å². The molecule has 35 heavy (non-hydrogen) atoms. The number of rotatable bonds is 8. The SMILES string of the molecule is CCCc1cc(Nc2ncc(C)s2)nc(C2CCN(C(=O)C3CCCCN3C(=O)COC)CC2)n1. The lowest BCUT2D eigenvalue weighted by atomic mass is 9.94. The van der Waals surface area contributed by atoms with Crippen LogP contribution in [-0.2, 0) is 20.7 Å². The normalized spacial score (nSPS) is 19.1. The number of aryl methyl sites for hydroxylation is 2. The summed E-state index contributed by atoms with van der Waals surface area (Å²) in [6.45, 7) is 6.14. The number of piperidine rings is 2. The first-order valence-corrected chi connectivity index (χ1v) is 13.4. The molecule has 2 aliphatic heterocycles. The average Bonchev–Trinajstić information content (AvgIpc) is 3.28. The van der Waals surface area contributed by atoms with E-state index in [0.29, 0.717) is 19.6 Å². The van der Waals surface area contributed by atoms with Crippen molar-refractivity contribution in [3.8, 4) is 0 Å². The smallest absolute Gasteiger partial charge is 0.249 e. The van der Waals surface area contributed by atoms with Crippen LogP contribution in [-0.4, -0.2) is 76.0 Å². The zero-order valence-corrected chi connectivity index (χ0v) is 21.8. The van der Waals surface area contributed by atoms with Crippen LogP contribution in [0.4, 0.5) is 10.9 Å². The number of hydrogen-bond donors (Lipinski definition) is 1. The standard InChI is InChI=1S/C25H36N6O3S/c1-4-7-19-14-21(29-25-26-15-17(2)35-25)28-23(27-19)18-9-12-30(13-10-18)24(33)20-8-5-6-11-31(20)22(32)16-34-3/h14-15,18,20H,4-13,16H2,1-3H3,(H,26,27,28,29). The number of hydrogen-bond acceptors (Lipinski definition) is 8. The van der Waals surface area contributed by atoms with Crippen LogP contribution in [0.25, 0.3) is 0 Å². The van der Waals surface area contributed by atoms with E-state index in [9.17, 15) is 9.59 Å². The number of anilines is 2. The molecule has 0 aliphatic carbocycles. The van der Waals surface area contributed by atoms with Crippen LogP contribution in [0.15, 0.2) is 12.3 Å². The van der Waals surface area contributed by atoms with Crippen molar-refractivity contribution in [1.82, 2.24) is 24.8 Å². The highest BCUT2D eigenvalue weighted by Gasteiger charge is 2.36. The molecule has 4 heterocycles. The van der Waals surface area contributed by atoms with E-state index in [1.807, 2.05) is 24.1 Å². The summed E-state index contributed by atoms with van der Waals surface area (Å²) in [5.74, 6) is 1.79. The van der Waals surface area contributed by atoms with Gasteiger partial charge in [-0.1, -0.05) is 13.3 Å². The minimum absolute atomic E-state index is 0.0220. The third-order valence-electron chi connectivity index (χ3n) is 6.71. The van der Waals surface area contributed by atoms with Crippen LogP contribution in [0.1, 0.15) is 67.8 Å². The highest BCUT2D eigenvalue weighted by Crippen LogP contribution is 2.30. The molecule has 1 atom stereocenters. The molecule has 2 aromatic heterocycles. The number of methoxy groups -OCH3 is 1. The maximum Gasteiger partial charge on any atom is 0.249 e. The molecule has 2 amide bonds. The summed E-state index contributed by atoms with van der Waals surface area (Å²) in [5, 5.41) is 4.17. The highest BCUT2D eigenvalue weighted by atomic mass is 32.1. The van der Waals surface area contributed by atoms with Gasteiger partial charge >= 0.3 is 0 Å². The number of ether oxygens (including phenoxy) is 1. The molecule has 4 rings (SSSR count). The second-order valence-corrected chi connectivity index (χ2v) is 10.6. The molecule has 10 heteroatoms. The van der Waals surface area contributed by atoms with Gasteiger partial charge in [-0.15, -0.1) is 11.3 Å². The summed E-state index contributed by atoms with van der Waals surface area (Å²) in [6, 6.07) is 1.64. The summed E-state index contributed by atoms with van der Waals surface area (Å²) >= 11 is 1.60. The largest absolute Gasteiger partial charge is 0.375 e. The van der Waals surface area contributed by atoms with Crippen molar-refractivity contribution in [2.45, 2.75) is 70.8 Å². The van der Waals surface area contributed by atoms with Crippen LogP contribution in [0, 0.1) is 6.92 Å². The Morgan fingerprint density at radius 2 is 1.97 bits per heavy atom. The summed E-state index contributed by atoms with van der Waals surface area (Å²) < 4.78 is 5.03. The maximum atomic E-state index is 13.4. The fourth-order valence-corrected chi connectivity index (χ4v) is 5.60. The number of carbonyl (C=O) groups excluding carboxylic acids is 2. The van der Waals surface area contributed by atoms with Gasteiger partial charge in [-0.3, -0.25) is 9.59 Å². The van der Waals surface area contributed by atoms with Crippen molar-refractivity contribution in [1.29, 1.82) is 0 Å². The quantitative estimate of drug-likeness (QED) is 0.590. The lowest BCUT2D eigenvalue weighted by Gasteiger charge is -2.39. The Morgan fingerprint density at radius 1 is 1.17 bits per heavy atom. The Balaban J connectivity index is 1.42. The van der Waals surface area contributed by atoms with Gasteiger partial charge in [-0.25, -0.2) is 15.0 Å². The number of amides is 2. The summed E-state index contributed by atoms with van der Waals surface area (Å²) in [4.78, 5) is 44.7. The minimum Gasteiger partial charge on any atom is -0.375 e. The van der Waals surface area contributed by atoms with Gasteiger partial charge in [0.2, 0.25) is 11.8 Å². The van der Waals surface area contributed by atoms with Gasteiger partial charge in [-0.2, -0.15) is 0 Å². The third-order valence-corrected chi connectivity index (χ3v) is 7.53. The predicted octanol–water partition coefficient (Wildman–Crippen LogP) is 3.67. The van der Waals surface area contributed by atoms with E-state index in [4.69, 9.17) is 14.7 Å². The lowest BCUT2D eigenvalue weighted by Crippen LogP contribution is -2.55. The first kappa shape index (κ1) is 25.5. The molecule has 0 spiro atoms. The number of thiazole rings is 1. The van der Waals surface area contributed by atoms with Gasteiger partial charge in [0.05, 0.1) is 0 Å². The summed E-state index contributed by atoms with van der Waals surface area (Å²) in [5.41, 5.74) is 1.03. The molecule has 0 saturated carbocycles. The van der Waals surface area contributed by atoms with Crippen LogP contribution in [0.3, 0.4) is 0 Å². The average molecular weight is 501 g/mol. The van der Waals surface area contributed by atoms with E-state index in [2.05, 4.69) is 17.2 Å². The molecule has 0 bridgehead atoms. The van der Waals surface area contributed by atoms with Crippen molar-refractivity contribution < 1.29 is 14.3 Å². The molecular weight excluding hydrogens is 464 g/mol. The van der Waals surface area contributed by atoms with Crippen molar-refractivity contribution >= 4 is 34.1 Å². The van der Waals surface area contributed by atoms with E-state index in [1.165, 1.54) is 7.11 Å². The van der Waals surface area contributed by atoms with Crippen LogP contribution >= 0.6 is 11.3 Å². The van der Waals surface area contributed by atoms with E-state index in [-0.39, 0.29) is 30.4 Å². The molecule has 0 aromatic carbocycles. The molecule has 2 saturated heterocycles. The molecule has 2 aromatic rings. The first-order chi connectivity index (χ1) is 17.0. The molecule has 0 radical (unpaired) electrons. The molecular formula is C25H36N6O3S. The molecule has 2 fully saturated rings. The van der Waals surface area contributed by atoms with Gasteiger partial charge in [0.1, 0.15) is 24.3 Å². The molecule has 1 N–H and O–H groups in total. The highest BCUT2D eigenvalue weighted by molar-refractivity contribution is 7.15. The Kier molecular flexibility index (Phi) is 8.67. The Bertz CT molecular complexity index is 1020. The van der Waals surface area contributed by atoms with Gasteiger partial charge in [-0.05, 0) is 45.4 Å². The fraction of sp³-hybridized carbons (Fsp3) is 0.640. The van der Waals surface area contributed by atoms with Crippen molar-refractivity contribution in [2.24, 2.45) is 0 Å². The lowest BCUT2D eigenvalue weighted by molar-refractivity contribution is -0.150. The van der Waals surface area contributed by atoms with E-state index in [0.717, 1.165) is 72.3 Å². The van der Waals surface area contributed by atoms with Gasteiger partial charge in [0.15, 0.2) is 5.13 Å². The van der Waals surface area contributed by atoms with Crippen LogP contribution < -0.4 is 5.32 Å². The zero-order valence-electron chi connectivity index (χ0n) is 21.0. The molecule has 190 valence electrons. The number of nitrogens with zero attached hydrogens (tertiary/aromatic N) is 5. The fourth-order valence-electron chi connectivity index (χ4n) is 4.93. The Morgan fingerprint density at radius 3 is 2.66 bits per heavy atom. The monoisotopic (exact) mass is 500 g/mol. The van der Waals surface area contributed by atoms with E-state index in [1.54, 1.807) is 16.2 Å². The van der Waals surface area contributed by atoms with Crippen molar-refractivity contribution in [3.05, 3.63) is 28.7 Å². The van der Waals surface area contributed by atoms with Gasteiger partial charge in [0, 0.05) is 55.5 Å². The second kappa shape index (κ2) is 11.9. The minimum atomic E-state index is -0.371. The number of nitrogens with one attached hydrogen (secondary N) is 1. The first-order valence-electron chi connectivity index (χ1n) is 12.6. The number of carbonyl (C=O) groups is 2. The van der Waals surface area contributed by atoms with E-state index < -0.39 is 0 Å². The number of aromatic nitrogens is 3. The number of likely N-dealkylation sites (tertiary alicyclic amines) is 2. The zero-order chi connectivity index (χ0) is 24.8. The predicted molar refractivity (Wildman–Crippen MR) is 136 cm³/mol. The van der Waals surface area contributed by atoms with Gasteiger partial charge < -0.3 is 19.9 Å². The summed E-state index contributed by atoms with van der Waals surface area (Å²) in [7, 11) is 1.51. The molecule has 1 unspecified atom stereocenters. The van der Waals surface area contributed by atoms with Crippen molar-refractivity contribution in [3.63, 3.8) is 0 Å². The second-order valence-electron chi connectivity index (χ2n) is 9.39.